The number of benzene rings is 1. The van der Waals surface area contributed by atoms with Crippen LogP contribution in [-0.4, -0.2) is 16.8 Å². The van der Waals surface area contributed by atoms with Crippen LogP contribution in [0.3, 0.4) is 0 Å². The number of allylic oxidation sites excluding steroid dienone is 4. The molecule has 4 nitrogen and oxygen atoms in total. The molecule has 20 heavy (non-hydrogen) atoms. The average Bonchev–Trinajstić information content (AvgIpc) is 2.91. The minimum Gasteiger partial charge on any atom is -0.477 e. The first-order chi connectivity index (χ1) is 9.68. The molecule has 0 amide bonds. The second-order valence-corrected chi connectivity index (χ2v) is 4.35. The summed E-state index contributed by atoms with van der Waals surface area (Å²) in [5.41, 5.74) is 0.0231. The lowest BCUT2D eigenvalue weighted by Gasteiger charge is -2.23. The summed E-state index contributed by atoms with van der Waals surface area (Å²) in [5, 5.41) is 12.7. The lowest BCUT2D eigenvalue weighted by Crippen LogP contribution is -2.25. The van der Waals surface area contributed by atoms with Crippen LogP contribution in [0.4, 0.5) is 0 Å². The van der Waals surface area contributed by atoms with Gasteiger partial charge in [-0.15, -0.1) is 0 Å². The fraction of sp³-hybridized carbons (Fsp3) is 0.125. The van der Waals surface area contributed by atoms with E-state index in [1.54, 1.807) is 24.3 Å². The van der Waals surface area contributed by atoms with Crippen molar-refractivity contribution in [1.82, 2.24) is 0 Å². The van der Waals surface area contributed by atoms with Crippen LogP contribution in [0.15, 0.2) is 72.4 Å². The number of carboxylic acids is 1. The quantitative estimate of drug-likeness (QED) is 0.836. The fourth-order valence-corrected chi connectivity index (χ4v) is 1.98. The van der Waals surface area contributed by atoms with Crippen LogP contribution in [0.25, 0.3) is 0 Å². The van der Waals surface area contributed by atoms with E-state index in [0.29, 0.717) is 0 Å². The van der Waals surface area contributed by atoms with Crippen molar-refractivity contribution in [2.45, 2.75) is 12.0 Å². The maximum absolute atomic E-state index is 11.0. The Bertz CT molecular complexity index is 587. The molecule has 0 spiro atoms. The Morgan fingerprint density at radius 1 is 1.30 bits per heavy atom. The van der Waals surface area contributed by atoms with Gasteiger partial charge in [-0.3, -0.25) is 0 Å². The lowest BCUT2D eigenvalue weighted by molar-refractivity contribution is -0.129. The number of nitrogens with zero attached hydrogens (tertiary/aromatic N) is 1. The maximum atomic E-state index is 11.0. The van der Waals surface area contributed by atoms with E-state index >= 15 is 0 Å². The van der Waals surface area contributed by atoms with Crippen molar-refractivity contribution in [2.24, 2.45) is 5.16 Å². The lowest BCUT2D eigenvalue weighted by atomic mass is 9.88. The normalized spacial score (nSPS) is 21.9. The first-order valence-electron chi connectivity index (χ1n) is 6.19. The number of hydrogen-bond acceptors (Lipinski definition) is 3. The molecule has 0 fully saturated rings. The van der Waals surface area contributed by atoms with Crippen LogP contribution in [0.5, 0.6) is 0 Å². The molecule has 102 valence electrons. The van der Waals surface area contributed by atoms with Crippen LogP contribution in [0, 0.1) is 0 Å². The first kappa shape index (κ1) is 13.8. The molecule has 1 aliphatic heterocycles. The van der Waals surface area contributed by atoms with Gasteiger partial charge in [0.05, 0.1) is 6.42 Å². The number of oxime groups is 1. The maximum Gasteiger partial charge on any atom is 0.353 e. The molecule has 1 heterocycles. The molecule has 4 heteroatoms. The Balaban J connectivity index is 2.32. The molecule has 0 aromatic heterocycles. The number of aliphatic carboxylic acids is 1. The molecule has 1 N–H and O–H groups in total. The van der Waals surface area contributed by atoms with Gasteiger partial charge in [0.1, 0.15) is 0 Å². The summed E-state index contributed by atoms with van der Waals surface area (Å²) in [6.45, 7) is 3.59. The Morgan fingerprint density at radius 2 is 2.05 bits per heavy atom. The molecule has 0 aliphatic carbocycles. The molecule has 1 aromatic rings. The molecular formula is C16H15NO3. The molecular weight excluding hydrogens is 254 g/mol. The highest BCUT2D eigenvalue weighted by Crippen LogP contribution is 2.36. The third-order valence-electron chi connectivity index (χ3n) is 2.98. The highest BCUT2D eigenvalue weighted by molar-refractivity contribution is 6.36. The van der Waals surface area contributed by atoms with Gasteiger partial charge >= 0.3 is 5.97 Å². The number of carboxylic acid groups (broad SMARTS) is 1. The van der Waals surface area contributed by atoms with Gasteiger partial charge in [-0.05, 0) is 6.08 Å². The highest BCUT2D eigenvalue weighted by Gasteiger charge is 2.40. The van der Waals surface area contributed by atoms with Gasteiger partial charge in [0.15, 0.2) is 11.3 Å². The molecule has 2 rings (SSSR count). The summed E-state index contributed by atoms with van der Waals surface area (Å²) in [7, 11) is 0. The fourth-order valence-electron chi connectivity index (χ4n) is 1.98. The monoisotopic (exact) mass is 269 g/mol. The van der Waals surface area contributed by atoms with Crippen molar-refractivity contribution < 1.29 is 14.7 Å². The van der Waals surface area contributed by atoms with E-state index in [-0.39, 0.29) is 12.1 Å². The van der Waals surface area contributed by atoms with E-state index in [1.807, 2.05) is 36.4 Å². The summed E-state index contributed by atoms with van der Waals surface area (Å²) in [6, 6.07) is 9.44. The van der Waals surface area contributed by atoms with Crippen LogP contribution in [0.2, 0.25) is 0 Å². The molecule has 1 unspecified atom stereocenters. The average molecular weight is 269 g/mol. The third kappa shape index (κ3) is 2.85. The van der Waals surface area contributed by atoms with Crippen molar-refractivity contribution in [2.75, 3.05) is 0 Å². The Morgan fingerprint density at radius 3 is 2.65 bits per heavy atom. The third-order valence-corrected chi connectivity index (χ3v) is 2.98. The zero-order chi connectivity index (χ0) is 14.4. The number of hydrogen-bond donors (Lipinski definition) is 1. The minimum absolute atomic E-state index is 0.0196. The van der Waals surface area contributed by atoms with Crippen LogP contribution in [0.1, 0.15) is 12.0 Å². The summed E-state index contributed by atoms with van der Waals surface area (Å²) in [4.78, 5) is 16.5. The van der Waals surface area contributed by atoms with Gasteiger partial charge in [-0.25, -0.2) is 4.79 Å². The molecule has 1 aliphatic rings. The highest BCUT2D eigenvalue weighted by atomic mass is 16.7. The smallest absolute Gasteiger partial charge is 0.353 e. The summed E-state index contributed by atoms with van der Waals surface area (Å²) in [6.07, 6.45) is 9.05. The van der Waals surface area contributed by atoms with E-state index in [2.05, 4.69) is 11.7 Å². The van der Waals surface area contributed by atoms with E-state index in [1.165, 1.54) is 0 Å². The van der Waals surface area contributed by atoms with Gasteiger partial charge in [-0.2, -0.15) is 0 Å². The Labute approximate surface area is 117 Å². The van der Waals surface area contributed by atoms with E-state index < -0.39 is 11.6 Å². The largest absolute Gasteiger partial charge is 0.477 e. The summed E-state index contributed by atoms with van der Waals surface area (Å²) < 4.78 is 0. The van der Waals surface area contributed by atoms with Gasteiger partial charge in [0, 0.05) is 5.56 Å². The van der Waals surface area contributed by atoms with Crippen molar-refractivity contribution in [3.63, 3.8) is 0 Å². The Hall–Kier alpha value is -2.62. The second-order valence-electron chi connectivity index (χ2n) is 4.35. The van der Waals surface area contributed by atoms with Crippen molar-refractivity contribution in [1.29, 1.82) is 0 Å². The standard InChI is InChI=1S/C16H15NO3/c1-2-3-4-8-11-16(13-9-6-5-7-10-13)12-14(15(18)19)17-20-16/h2-11H,1,12H2,(H,18,19)/b4-3-,11-8+. The number of rotatable bonds is 5. The van der Waals surface area contributed by atoms with Gasteiger partial charge in [-0.1, -0.05) is 66.4 Å². The molecule has 1 atom stereocenters. The van der Waals surface area contributed by atoms with Gasteiger partial charge in [0.2, 0.25) is 0 Å². The van der Waals surface area contributed by atoms with Crippen LogP contribution < -0.4 is 0 Å². The predicted octanol–water partition coefficient (Wildman–Crippen LogP) is 3.04. The zero-order valence-corrected chi connectivity index (χ0v) is 10.9. The first-order valence-corrected chi connectivity index (χ1v) is 6.19. The van der Waals surface area contributed by atoms with Crippen molar-refractivity contribution in [3.8, 4) is 0 Å². The zero-order valence-electron chi connectivity index (χ0n) is 10.9. The van der Waals surface area contributed by atoms with Crippen LogP contribution >= 0.6 is 0 Å². The van der Waals surface area contributed by atoms with Gasteiger partial charge < -0.3 is 9.94 Å². The number of carbonyl (C=O) groups is 1. The van der Waals surface area contributed by atoms with Crippen LogP contribution in [-0.2, 0) is 15.2 Å². The molecule has 0 bridgehead atoms. The molecule has 0 saturated heterocycles. The van der Waals surface area contributed by atoms with Gasteiger partial charge in [0.25, 0.3) is 0 Å². The van der Waals surface area contributed by atoms with E-state index in [4.69, 9.17) is 9.94 Å². The Kier molecular flexibility index (Phi) is 4.15. The van der Waals surface area contributed by atoms with E-state index in [0.717, 1.165) is 5.56 Å². The minimum atomic E-state index is -1.06. The van der Waals surface area contributed by atoms with E-state index in [9.17, 15) is 4.79 Å². The molecule has 0 radical (unpaired) electrons. The second kappa shape index (κ2) is 6.02. The summed E-state index contributed by atoms with van der Waals surface area (Å²) >= 11 is 0. The predicted molar refractivity (Wildman–Crippen MR) is 77.4 cm³/mol. The SMILES string of the molecule is C=C/C=C\C=C\C1(c2ccccc2)CC(C(=O)O)=NO1. The van der Waals surface area contributed by atoms with Crippen molar-refractivity contribution in [3.05, 3.63) is 72.9 Å². The molecule has 0 saturated carbocycles. The topological polar surface area (TPSA) is 58.9 Å². The molecule has 1 aromatic carbocycles. The van der Waals surface area contributed by atoms with Crippen molar-refractivity contribution >= 4 is 11.7 Å². The summed E-state index contributed by atoms with van der Waals surface area (Å²) in [5.74, 6) is -1.06.